The number of aliphatic carboxylic acids is 1. The highest BCUT2D eigenvalue weighted by Crippen LogP contribution is 2.35. The molecule has 1 aromatic heterocycles. The van der Waals surface area contributed by atoms with E-state index in [-0.39, 0.29) is 12.5 Å². The third-order valence-electron chi connectivity index (χ3n) is 4.04. The van der Waals surface area contributed by atoms with E-state index in [1.54, 1.807) is 12.1 Å². The zero-order chi connectivity index (χ0) is 16.6. The Kier molecular flexibility index (Phi) is 4.32. The van der Waals surface area contributed by atoms with E-state index in [4.69, 9.17) is 4.74 Å². The van der Waals surface area contributed by atoms with E-state index in [2.05, 4.69) is 0 Å². The molecule has 0 aliphatic carbocycles. The number of fused-ring (bicyclic) bond motifs is 1. The third-order valence-corrected chi connectivity index (χ3v) is 5.23. The number of carbonyl (C=O) groups is 2. The number of amides is 1. The highest BCUT2D eigenvalue weighted by Gasteiger charge is 2.36. The van der Waals surface area contributed by atoms with Crippen molar-refractivity contribution < 1.29 is 23.8 Å². The van der Waals surface area contributed by atoms with Gasteiger partial charge in [0, 0.05) is 29.3 Å². The predicted molar refractivity (Wildman–Crippen MR) is 84.2 cm³/mol. The normalized spacial score (nSPS) is 17.8. The standard InChI is InChI=1S/C16H16FNO4S/c1-22-8-9-13-10(17)4-2-6-12(13)23-14(9)15(19)18-7-3-5-11(18)16(20)21/h2,4,6,11H,3,5,7-8H2,1H3,(H,20,21)/t11-/m0/s1. The van der Waals surface area contributed by atoms with E-state index in [0.29, 0.717) is 39.9 Å². The van der Waals surface area contributed by atoms with Crippen molar-refractivity contribution in [3.8, 4) is 0 Å². The molecule has 1 aromatic carbocycles. The van der Waals surface area contributed by atoms with Gasteiger partial charge in [0.25, 0.3) is 5.91 Å². The molecular weight excluding hydrogens is 321 g/mol. The monoisotopic (exact) mass is 337 g/mol. The number of carboxylic acid groups (broad SMARTS) is 1. The quantitative estimate of drug-likeness (QED) is 0.931. The van der Waals surface area contributed by atoms with Gasteiger partial charge in [-0.3, -0.25) is 4.79 Å². The summed E-state index contributed by atoms with van der Waals surface area (Å²) in [6, 6.07) is 3.87. The Hall–Kier alpha value is -1.99. The number of hydrogen-bond donors (Lipinski definition) is 1. The summed E-state index contributed by atoms with van der Waals surface area (Å²) in [7, 11) is 1.48. The van der Waals surface area contributed by atoms with Crippen LogP contribution in [0.3, 0.4) is 0 Å². The second-order valence-electron chi connectivity index (χ2n) is 5.45. The minimum atomic E-state index is -1.00. The van der Waals surface area contributed by atoms with Crippen molar-refractivity contribution in [2.45, 2.75) is 25.5 Å². The molecule has 2 heterocycles. The summed E-state index contributed by atoms with van der Waals surface area (Å²) in [6.45, 7) is 0.506. The number of likely N-dealkylation sites (tertiary alicyclic amines) is 1. The third kappa shape index (κ3) is 2.70. The summed E-state index contributed by atoms with van der Waals surface area (Å²) in [4.78, 5) is 25.9. The smallest absolute Gasteiger partial charge is 0.326 e. The maximum atomic E-state index is 14.2. The van der Waals surface area contributed by atoms with E-state index in [1.165, 1.54) is 29.4 Å². The van der Waals surface area contributed by atoms with Crippen LogP contribution in [-0.2, 0) is 16.1 Å². The summed E-state index contributed by atoms with van der Waals surface area (Å²) in [5, 5.41) is 9.64. The lowest BCUT2D eigenvalue weighted by Gasteiger charge is -2.21. The molecule has 1 amide bonds. The topological polar surface area (TPSA) is 66.8 Å². The summed E-state index contributed by atoms with van der Waals surface area (Å²) >= 11 is 1.18. The minimum Gasteiger partial charge on any atom is -0.480 e. The molecule has 1 saturated heterocycles. The number of carboxylic acids is 1. The number of rotatable bonds is 4. The first-order valence-corrected chi connectivity index (χ1v) is 8.09. The average molecular weight is 337 g/mol. The molecule has 0 unspecified atom stereocenters. The van der Waals surface area contributed by atoms with Crippen molar-refractivity contribution in [2.24, 2.45) is 0 Å². The van der Waals surface area contributed by atoms with Gasteiger partial charge in [-0.05, 0) is 25.0 Å². The van der Waals surface area contributed by atoms with Crippen molar-refractivity contribution in [2.75, 3.05) is 13.7 Å². The average Bonchev–Trinajstić information content (AvgIpc) is 3.13. The van der Waals surface area contributed by atoms with Crippen LogP contribution in [0.25, 0.3) is 10.1 Å². The molecule has 7 heteroatoms. The zero-order valence-corrected chi connectivity index (χ0v) is 13.4. The number of nitrogens with zero attached hydrogens (tertiary/aromatic N) is 1. The van der Waals surface area contributed by atoms with Crippen LogP contribution >= 0.6 is 11.3 Å². The molecule has 1 N–H and O–H groups in total. The molecule has 3 rings (SSSR count). The fourth-order valence-electron chi connectivity index (χ4n) is 3.02. The van der Waals surface area contributed by atoms with Crippen LogP contribution in [0.1, 0.15) is 28.1 Å². The Morgan fingerprint density at radius 3 is 2.96 bits per heavy atom. The largest absolute Gasteiger partial charge is 0.480 e. The van der Waals surface area contributed by atoms with Crippen LogP contribution in [-0.4, -0.2) is 41.6 Å². The molecular formula is C16H16FNO4S. The minimum absolute atomic E-state index is 0.105. The number of methoxy groups -OCH3 is 1. The highest BCUT2D eigenvalue weighted by atomic mass is 32.1. The first-order valence-electron chi connectivity index (χ1n) is 7.27. The van der Waals surface area contributed by atoms with E-state index in [1.807, 2.05) is 0 Å². The molecule has 122 valence electrons. The molecule has 0 radical (unpaired) electrons. The van der Waals surface area contributed by atoms with Gasteiger partial charge < -0.3 is 14.7 Å². The molecule has 1 atom stereocenters. The van der Waals surface area contributed by atoms with Crippen LogP contribution in [0.5, 0.6) is 0 Å². The Morgan fingerprint density at radius 1 is 1.48 bits per heavy atom. The molecule has 0 bridgehead atoms. The zero-order valence-electron chi connectivity index (χ0n) is 12.5. The number of benzene rings is 1. The van der Waals surface area contributed by atoms with Gasteiger partial charge in [0.2, 0.25) is 0 Å². The molecule has 2 aromatic rings. The van der Waals surface area contributed by atoms with Gasteiger partial charge in [-0.2, -0.15) is 0 Å². The van der Waals surface area contributed by atoms with Gasteiger partial charge in [0.05, 0.1) is 11.5 Å². The summed E-state index contributed by atoms with van der Waals surface area (Å²) in [6.07, 6.45) is 1.10. The van der Waals surface area contributed by atoms with Crippen molar-refractivity contribution in [3.05, 3.63) is 34.5 Å². The Bertz CT molecular complexity index is 773. The van der Waals surface area contributed by atoms with Gasteiger partial charge in [0.15, 0.2) is 0 Å². The molecule has 0 spiro atoms. The lowest BCUT2D eigenvalue weighted by molar-refractivity contribution is -0.141. The number of hydrogen-bond acceptors (Lipinski definition) is 4. The summed E-state index contributed by atoms with van der Waals surface area (Å²) < 4.78 is 19.9. The molecule has 1 aliphatic rings. The van der Waals surface area contributed by atoms with Crippen LogP contribution in [0.2, 0.25) is 0 Å². The molecule has 23 heavy (non-hydrogen) atoms. The molecule has 5 nitrogen and oxygen atoms in total. The number of thiophene rings is 1. The maximum Gasteiger partial charge on any atom is 0.326 e. The van der Waals surface area contributed by atoms with Crippen molar-refractivity contribution in [1.82, 2.24) is 4.90 Å². The lowest BCUT2D eigenvalue weighted by atomic mass is 10.1. The van der Waals surface area contributed by atoms with Crippen LogP contribution in [0.4, 0.5) is 4.39 Å². The number of halogens is 1. The summed E-state index contributed by atoms with van der Waals surface area (Å²) in [5.74, 6) is -1.76. The number of ether oxygens (including phenoxy) is 1. The SMILES string of the molecule is COCc1c(C(=O)N2CCC[C@H]2C(=O)O)sc2cccc(F)c12. The fraction of sp³-hybridized carbons (Fsp3) is 0.375. The van der Waals surface area contributed by atoms with Crippen molar-refractivity contribution >= 4 is 33.3 Å². The number of carbonyl (C=O) groups excluding carboxylic acids is 1. The first-order chi connectivity index (χ1) is 11.0. The van der Waals surface area contributed by atoms with E-state index < -0.39 is 17.8 Å². The van der Waals surface area contributed by atoms with E-state index in [0.717, 1.165) is 0 Å². The first kappa shape index (κ1) is 15.9. The Balaban J connectivity index is 2.08. The van der Waals surface area contributed by atoms with Gasteiger partial charge in [-0.25, -0.2) is 9.18 Å². The second kappa shape index (κ2) is 6.25. The van der Waals surface area contributed by atoms with Gasteiger partial charge in [-0.1, -0.05) is 6.07 Å². The Morgan fingerprint density at radius 2 is 2.26 bits per heavy atom. The van der Waals surface area contributed by atoms with E-state index >= 15 is 0 Å². The highest BCUT2D eigenvalue weighted by molar-refractivity contribution is 7.21. The predicted octanol–water partition coefficient (Wildman–Crippen LogP) is 2.88. The van der Waals surface area contributed by atoms with Crippen molar-refractivity contribution in [3.63, 3.8) is 0 Å². The van der Waals surface area contributed by atoms with Crippen LogP contribution in [0, 0.1) is 5.82 Å². The molecule has 1 aliphatic heterocycles. The van der Waals surface area contributed by atoms with Gasteiger partial charge >= 0.3 is 5.97 Å². The van der Waals surface area contributed by atoms with E-state index in [9.17, 15) is 19.1 Å². The van der Waals surface area contributed by atoms with Gasteiger partial charge in [-0.15, -0.1) is 11.3 Å². The summed E-state index contributed by atoms with van der Waals surface area (Å²) in [5.41, 5.74) is 0.492. The van der Waals surface area contributed by atoms with Crippen LogP contribution < -0.4 is 0 Å². The lowest BCUT2D eigenvalue weighted by Crippen LogP contribution is -2.40. The maximum absolute atomic E-state index is 14.2. The fourth-order valence-corrected chi connectivity index (χ4v) is 4.20. The van der Waals surface area contributed by atoms with Crippen molar-refractivity contribution in [1.29, 1.82) is 0 Å². The Labute approximate surface area is 136 Å². The van der Waals surface area contributed by atoms with Gasteiger partial charge in [0.1, 0.15) is 11.9 Å². The second-order valence-corrected chi connectivity index (χ2v) is 6.50. The molecule has 1 fully saturated rings. The van der Waals surface area contributed by atoms with Crippen LogP contribution in [0.15, 0.2) is 18.2 Å². The molecule has 0 saturated carbocycles.